The van der Waals surface area contributed by atoms with Crippen LogP contribution in [0.5, 0.6) is 0 Å². The molecule has 1 aromatic rings. The Hall–Kier alpha value is -2.36. The Labute approximate surface area is 116 Å². The van der Waals surface area contributed by atoms with E-state index < -0.39 is 5.41 Å². The zero-order chi connectivity index (χ0) is 14.5. The lowest BCUT2D eigenvalue weighted by atomic mass is 9.64. The van der Waals surface area contributed by atoms with Crippen molar-refractivity contribution in [1.82, 2.24) is 0 Å². The van der Waals surface area contributed by atoms with Crippen LogP contribution in [0.15, 0.2) is 41.7 Å². The largest absolute Gasteiger partial charge is 0.507 e. The quantitative estimate of drug-likeness (QED) is 0.852. The van der Waals surface area contributed by atoms with Gasteiger partial charge in [-0.3, -0.25) is 9.59 Å². The maximum absolute atomic E-state index is 12.7. The van der Waals surface area contributed by atoms with E-state index in [0.717, 1.165) is 0 Å². The maximum Gasteiger partial charge on any atom is 0.189 e. The fourth-order valence-corrected chi connectivity index (χ4v) is 3.00. The molecule has 0 aromatic heterocycles. The summed E-state index contributed by atoms with van der Waals surface area (Å²) in [6, 6.07) is 6.80. The molecule has 4 nitrogen and oxygen atoms in total. The van der Waals surface area contributed by atoms with Gasteiger partial charge in [0.25, 0.3) is 0 Å². The Kier molecular flexibility index (Phi) is 2.57. The predicted octanol–water partition coefficient (Wildman–Crippen LogP) is 2.66. The Bertz CT molecular complexity index is 696. The molecule has 0 saturated carbocycles. The first-order chi connectivity index (χ1) is 9.49. The van der Waals surface area contributed by atoms with Crippen molar-refractivity contribution in [3.63, 3.8) is 0 Å². The number of rotatable bonds is 1. The van der Waals surface area contributed by atoms with Gasteiger partial charge >= 0.3 is 0 Å². The van der Waals surface area contributed by atoms with E-state index in [0.29, 0.717) is 16.9 Å². The lowest BCUT2D eigenvalue weighted by Crippen LogP contribution is -2.40. The first-order valence-corrected chi connectivity index (χ1v) is 6.36. The molecule has 1 aromatic carbocycles. The molecule has 0 aliphatic heterocycles. The van der Waals surface area contributed by atoms with Crippen molar-refractivity contribution in [3.8, 4) is 0 Å². The maximum atomic E-state index is 12.7. The normalized spacial score (nSPS) is 25.0. The van der Waals surface area contributed by atoms with E-state index in [2.05, 4.69) is 0 Å². The van der Waals surface area contributed by atoms with Crippen LogP contribution in [0.4, 0.5) is 0 Å². The van der Waals surface area contributed by atoms with E-state index >= 15 is 0 Å². The number of allylic oxidation sites excluding steroid dienone is 3. The van der Waals surface area contributed by atoms with Crippen LogP contribution in [-0.2, 0) is 9.53 Å². The number of carbonyl (C=O) groups excluding carboxylic acids is 2. The third kappa shape index (κ3) is 1.48. The number of carbonyl (C=O) groups is 2. The van der Waals surface area contributed by atoms with Crippen molar-refractivity contribution in [3.05, 3.63) is 52.8 Å². The van der Waals surface area contributed by atoms with Gasteiger partial charge in [0.15, 0.2) is 11.6 Å². The minimum atomic E-state index is -1.06. The highest BCUT2D eigenvalue weighted by molar-refractivity contribution is 6.21. The van der Waals surface area contributed by atoms with Gasteiger partial charge in [0, 0.05) is 23.6 Å². The van der Waals surface area contributed by atoms with Crippen LogP contribution in [-0.4, -0.2) is 23.8 Å². The fraction of sp³-hybridized carbons (Fsp3) is 0.250. The Balaban J connectivity index is 2.31. The van der Waals surface area contributed by atoms with Crippen molar-refractivity contribution in [1.29, 1.82) is 0 Å². The smallest absolute Gasteiger partial charge is 0.189 e. The average Bonchev–Trinajstić information content (AvgIpc) is 2.44. The van der Waals surface area contributed by atoms with Gasteiger partial charge in [-0.1, -0.05) is 24.3 Å². The molecule has 0 fully saturated rings. The summed E-state index contributed by atoms with van der Waals surface area (Å²) in [7, 11) is 1.47. The highest BCUT2D eigenvalue weighted by Crippen LogP contribution is 2.48. The van der Waals surface area contributed by atoms with Crippen molar-refractivity contribution in [2.45, 2.75) is 13.3 Å². The summed E-state index contributed by atoms with van der Waals surface area (Å²) in [5.41, 5.74) is -0.0219. The molecule has 2 aliphatic carbocycles. The van der Waals surface area contributed by atoms with Gasteiger partial charge in [-0.05, 0) is 6.92 Å². The van der Waals surface area contributed by atoms with Crippen LogP contribution in [0, 0.1) is 5.41 Å². The number of ketones is 2. The van der Waals surface area contributed by atoms with Gasteiger partial charge in [0.2, 0.25) is 0 Å². The second-order valence-electron chi connectivity index (χ2n) is 5.29. The summed E-state index contributed by atoms with van der Waals surface area (Å²) in [6.45, 7) is 1.68. The van der Waals surface area contributed by atoms with E-state index in [1.54, 1.807) is 31.2 Å². The fourth-order valence-electron chi connectivity index (χ4n) is 3.00. The molecular formula is C16H14O4. The number of aliphatic hydroxyl groups excluding tert-OH is 1. The van der Waals surface area contributed by atoms with Gasteiger partial charge in [0.1, 0.15) is 11.5 Å². The van der Waals surface area contributed by atoms with E-state index in [1.165, 1.54) is 13.2 Å². The molecule has 102 valence electrons. The number of aliphatic hydroxyl groups is 1. The molecule has 0 spiro atoms. The molecule has 0 radical (unpaired) electrons. The van der Waals surface area contributed by atoms with E-state index in [4.69, 9.17) is 4.74 Å². The molecule has 2 aliphatic rings. The van der Waals surface area contributed by atoms with Crippen molar-refractivity contribution in [2.75, 3.05) is 7.11 Å². The van der Waals surface area contributed by atoms with Crippen LogP contribution in [0.25, 0.3) is 5.76 Å². The van der Waals surface area contributed by atoms with Crippen molar-refractivity contribution >= 4 is 17.3 Å². The predicted molar refractivity (Wildman–Crippen MR) is 73.1 cm³/mol. The summed E-state index contributed by atoms with van der Waals surface area (Å²) >= 11 is 0. The zero-order valence-corrected chi connectivity index (χ0v) is 11.3. The van der Waals surface area contributed by atoms with Crippen molar-refractivity contribution < 1.29 is 19.4 Å². The minimum Gasteiger partial charge on any atom is -0.507 e. The molecular weight excluding hydrogens is 256 g/mol. The van der Waals surface area contributed by atoms with Gasteiger partial charge in [-0.2, -0.15) is 0 Å². The number of ether oxygens (including phenoxy) is 1. The summed E-state index contributed by atoms with van der Waals surface area (Å²) in [4.78, 5) is 25.0. The minimum absolute atomic E-state index is 0.0981. The van der Waals surface area contributed by atoms with Gasteiger partial charge < -0.3 is 9.84 Å². The molecule has 1 N–H and O–H groups in total. The number of hydrogen-bond donors (Lipinski definition) is 1. The SMILES string of the molecule is COC1=CC(=O)C2=C(O)c3ccccc3C(=O)C2(C)C1. The average molecular weight is 270 g/mol. The standard InChI is InChI=1S/C16H14O4/c1-16-8-9(20-2)7-12(17)13(16)14(18)10-5-3-4-6-11(10)15(16)19/h3-7,18H,8H2,1-2H3. The van der Waals surface area contributed by atoms with Crippen LogP contribution in [0.1, 0.15) is 29.3 Å². The first kappa shape index (κ1) is 12.7. The van der Waals surface area contributed by atoms with E-state index in [9.17, 15) is 14.7 Å². The van der Waals surface area contributed by atoms with Gasteiger partial charge in [0.05, 0.1) is 18.1 Å². The van der Waals surface area contributed by atoms with Crippen molar-refractivity contribution in [2.24, 2.45) is 5.41 Å². The van der Waals surface area contributed by atoms with Crippen LogP contribution >= 0.6 is 0 Å². The molecule has 1 atom stereocenters. The third-order valence-electron chi connectivity index (χ3n) is 4.04. The summed E-state index contributed by atoms with van der Waals surface area (Å²) in [5, 5.41) is 10.4. The zero-order valence-electron chi connectivity index (χ0n) is 11.3. The number of Topliss-reactive ketones (excluding diaryl/α,β-unsaturated/α-hetero) is 1. The molecule has 20 heavy (non-hydrogen) atoms. The topological polar surface area (TPSA) is 63.6 Å². The Morgan fingerprint density at radius 1 is 1.20 bits per heavy atom. The molecule has 4 heteroatoms. The van der Waals surface area contributed by atoms with Crippen LogP contribution in [0.3, 0.4) is 0 Å². The first-order valence-electron chi connectivity index (χ1n) is 6.36. The van der Waals surface area contributed by atoms with Crippen LogP contribution in [0.2, 0.25) is 0 Å². The molecule has 0 saturated heterocycles. The Morgan fingerprint density at radius 2 is 1.85 bits per heavy atom. The molecule has 0 bridgehead atoms. The molecule has 1 unspecified atom stereocenters. The van der Waals surface area contributed by atoms with Gasteiger partial charge in [-0.15, -0.1) is 0 Å². The number of fused-ring (bicyclic) bond motifs is 2. The summed E-state index contributed by atoms with van der Waals surface area (Å²) < 4.78 is 5.13. The summed E-state index contributed by atoms with van der Waals surface area (Å²) in [5.74, 6) is -0.159. The molecule has 3 rings (SSSR count). The number of benzene rings is 1. The highest BCUT2D eigenvalue weighted by atomic mass is 16.5. The summed E-state index contributed by atoms with van der Waals surface area (Å²) in [6.07, 6.45) is 1.62. The van der Waals surface area contributed by atoms with Gasteiger partial charge in [-0.25, -0.2) is 0 Å². The van der Waals surface area contributed by atoms with E-state index in [1.807, 2.05) is 0 Å². The second kappa shape index (κ2) is 4.07. The number of methoxy groups -OCH3 is 1. The molecule has 0 amide bonds. The van der Waals surface area contributed by atoms with E-state index in [-0.39, 0.29) is 29.3 Å². The third-order valence-corrected chi connectivity index (χ3v) is 4.04. The highest BCUT2D eigenvalue weighted by Gasteiger charge is 2.49. The lowest BCUT2D eigenvalue weighted by Gasteiger charge is -2.37. The Morgan fingerprint density at radius 3 is 2.50 bits per heavy atom. The van der Waals surface area contributed by atoms with Crippen LogP contribution < -0.4 is 0 Å². The molecule has 0 heterocycles. The lowest BCUT2D eigenvalue weighted by molar-refractivity contribution is -0.112. The second-order valence-corrected chi connectivity index (χ2v) is 5.29. The monoisotopic (exact) mass is 270 g/mol. The number of hydrogen-bond acceptors (Lipinski definition) is 4.